The van der Waals surface area contributed by atoms with Crippen LogP contribution in [0.3, 0.4) is 0 Å². The van der Waals surface area contributed by atoms with Crippen molar-refractivity contribution in [3.8, 4) is 0 Å². The molecule has 0 fully saturated rings. The second kappa shape index (κ2) is 9.02. The molecule has 1 unspecified atom stereocenters. The summed E-state index contributed by atoms with van der Waals surface area (Å²) in [6, 6.07) is 2.18. The molecule has 0 spiro atoms. The van der Waals surface area contributed by atoms with Crippen LogP contribution in [0.5, 0.6) is 0 Å². The van der Waals surface area contributed by atoms with Crippen LogP contribution in [0, 0.1) is 0 Å². The van der Waals surface area contributed by atoms with Gasteiger partial charge >= 0.3 is 0 Å². The Kier molecular flexibility index (Phi) is 7.69. The average Bonchev–Trinajstić information content (AvgIpc) is 2.42. The van der Waals surface area contributed by atoms with Crippen LogP contribution in [0.2, 0.25) is 0 Å². The molecule has 1 atom stereocenters. The van der Waals surface area contributed by atoms with Crippen molar-refractivity contribution in [1.29, 1.82) is 0 Å². The van der Waals surface area contributed by atoms with E-state index in [4.69, 9.17) is 5.73 Å². The highest BCUT2D eigenvalue weighted by Gasteiger charge is 2.07. The summed E-state index contributed by atoms with van der Waals surface area (Å²) in [4.78, 5) is 11.0. The Hall–Kier alpha value is -1.01. The third-order valence-electron chi connectivity index (χ3n) is 3.31. The van der Waals surface area contributed by atoms with E-state index in [1.165, 1.54) is 18.2 Å². The fourth-order valence-corrected chi connectivity index (χ4v) is 2.48. The molecule has 0 bridgehead atoms. The molecule has 0 aliphatic rings. The van der Waals surface area contributed by atoms with Gasteiger partial charge in [0.05, 0.1) is 0 Å². The molecule has 1 rings (SSSR count). The van der Waals surface area contributed by atoms with Gasteiger partial charge in [-0.25, -0.2) is 9.97 Å². The van der Waals surface area contributed by atoms with Gasteiger partial charge < -0.3 is 16.0 Å². The van der Waals surface area contributed by atoms with Gasteiger partial charge in [0, 0.05) is 12.1 Å². The van der Waals surface area contributed by atoms with Gasteiger partial charge in [-0.1, -0.05) is 25.6 Å². The molecular formula is C14H27N5S. The first-order chi connectivity index (χ1) is 9.58. The quantitative estimate of drug-likeness (QED) is 0.539. The molecule has 0 aromatic carbocycles. The van der Waals surface area contributed by atoms with E-state index in [2.05, 4.69) is 41.0 Å². The van der Waals surface area contributed by atoms with Gasteiger partial charge in [0.2, 0.25) is 0 Å². The molecule has 1 aromatic rings. The van der Waals surface area contributed by atoms with Crippen LogP contribution in [0.15, 0.2) is 11.2 Å². The number of hydrogen-bond acceptors (Lipinski definition) is 6. The predicted molar refractivity (Wildman–Crippen MR) is 88.3 cm³/mol. The third-order valence-corrected chi connectivity index (χ3v) is 3.86. The minimum absolute atomic E-state index is 0.384. The van der Waals surface area contributed by atoms with Crippen LogP contribution in [-0.4, -0.2) is 46.8 Å². The van der Waals surface area contributed by atoms with Gasteiger partial charge in [-0.15, -0.1) is 0 Å². The Labute approximate surface area is 126 Å². The minimum Gasteiger partial charge on any atom is -0.383 e. The summed E-state index contributed by atoms with van der Waals surface area (Å²) >= 11 is 1.50. The zero-order valence-electron chi connectivity index (χ0n) is 13.0. The zero-order chi connectivity index (χ0) is 15.0. The van der Waals surface area contributed by atoms with Crippen molar-refractivity contribution in [2.24, 2.45) is 0 Å². The summed E-state index contributed by atoms with van der Waals surface area (Å²) in [6.45, 7) is 9.99. The number of rotatable bonds is 9. The van der Waals surface area contributed by atoms with Crippen molar-refractivity contribution in [3.05, 3.63) is 6.07 Å². The summed E-state index contributed by atoms with van der Waals surface area (Å²) in [5.41, 5.74) is 5.78. The summed E-state index contributed by atoms with van der Waals surface area (Å²) in [5.74, 6) is 1.33. The Morgan fingerprint density at radius 3 is 2.65 bits per heavy atom. The number of anilines is 2. The fourth-order valence-electron chi connectivity index (χ4n) is 2.09. The van der Waals surface area contributed by atoms with E-state index in [-0.39, 0.29) is 0 Å². The molecule has 1 aromatic heterocycles. The molecule has 6 heteroatoms. The lowest BCUT2D eigenvalue weighted by molar-refractivity contribution is 0.295. The van der Waals surface area contributed by atoms with Crippen molar-refractivity contribution in [3.63, 3.8) is 0 Å². The normalized spacial score (nSPS) is 12.7. The SMILES string of the molecule is CCN(CC)CCCC(C)Nc1cc(N)nc(SC)n1. The lowest BCUT2D eigenvalue weighted by Gasteiger charge is -2.20. The van der Waals surface area contributed by atoms with Crippen molar-refractivity contribution >= 4 is 23.4 Å². The molecule has 3 N–H and O–H groups in total. The highest BCUT2D eigenvalue weighted by molar-refractivity contribution is 7.98. The average molecular weight is 297 g/mol. The number of nitrogens with one attached hydrogen (secondary N) is 1. The van der Waals surface area contributed by atoms with Gasteiger partial charge in [0.25, 0.3) is 0 Å². The maximum atomic E-state index is 5.78. The molecule has 0 aliphatic heterocycles. The number of hydrogen-bond donors (Lipinski definition) is 2. The third kappa shape index (κ3) is 5.96. The first-order valence-electron chi connectivity index (χ1n) is 7.26. The van der Waals surface area contributed by atoms with Crippen LogP contribution >= 0.6 is 11.8 Å². The van der Waals surface area contributed by atoms with Gasteiger partial charge in [0.1, 0.15) is 11.6 Å². The van der Waals surface area contributed by atoms with Crippen molar-refractivity contribution in [1.82, 2.24) is 14.9 Å². The largest absolute Gasteiger partial charge is 0.383 e. The van der Waals surface area contributed by atoms with Crippen LogP contribution < -0.4 is 11.1 Å². The molecule has 0 radical (unpaired) electrons. The van der Waals surface area contributed by atoms with Crippen molar-refractivity contribution in [2.75, 3.05) is 36.9 Å². The Morgan fingerprint density at radius 1 is 1.35 bits per heavy atom. The standard InChI is InChI=1S/C14H27N5S/c1-5-19(6-2)9-7-8-11(3)16-13-10-12(15)17-14(18-13)20-4/h10-11H,5-9H2,1-4H3,(H3,15,16,17,18). The van der Waals surface area contributed by atoms with E-state index in [0.717, 1.165) is 31.9 Å². The van der Waals surface area contributed by atoms with E-state index >= 15 is 0 Å². The highest BCUT2D eigenvalue weighted by Crippen LogP contribution is 2.16. The van der Waals surface area contributed by atoms with Crippen LogP contribution in [0.25, 0.3) is 0 Å². The van der Waals surface area contributed by atoms with E-state index in [1.54, 1.807) is 6.07 Å². The fraction of sp³-hybridized carbons (Fsp3) is 0.714. The van der Waals surface area contributed by atoms with E-state index in [1.807, 2.05) is 6.26 Å². The van der Waals surface area contributed by atoms with Gasteiger partial charge in [-0.2, -0.15) is 0 Å². The van der Waals surface area contributed by atoms with Crippen molar-refractivity contribution in [2.45, 2.75) is 44.8 Å². The molecule has 1 heterocycles. The highest BCUT2D eigenvalue weighted by atomic mass is 32.2. The van der Waals surface area contributed by atoms with Gasteiger partial charge in [-0.3, -0.25) is 0 Å². The van der Waals surface area contributed by atoms with Crippen LogP contribution in [0.1, 0.15) is 33.6 Å². The molecule has 0 amide bonds. The Balaban J connectivity index is 2.42. The van der Waals surface area contributed by atoms with E-state index < -0.39 is 0 Å². The first kappa shape index (κ1) is 17.0. The molecule has 114 valence electrons. The zero-order valence-corrected chi connectivity index (χ0v) is 13.8. The Morgan fingerprint density at radius 2 is 2.05 bits per heavy atom. The topological polar surface area (TPSA) is 67.1 Å². The van der Waals surface area contributed by atoms with Gasteiger partial charge in [-0.05, 0) is 45.7 Å². The summed E-state index contributed by atoms with van der Waals surface area (Å²) < 4.78 is 0. The second-order valence-electron chi connectivity index (χ2n) is 4.88. The number of thioether (sulfide) groups is 1. The van der Waals surface area contributed by atoms with Crippen LogP contribution in [0.4, 0.5) is 11.6 Å². The summed E-state index contributed by atoms with van der Waals surface area (Å²) in [7, 11) is 0. The lowest BCUT2D eigenvalue weighted by Crippen LogP contribution is -2.25. The number of nitrogens with zero attached hydrogens (tertiary/aromatic N) is 3. The smallest absolute Gasteiger partial charge is 0.191 e. The second-order valence-corrected chi connectivity index (χ2v) is 5.65. The summed E-state index contributed by atoms with van der Waals surface area (Å²) in [5, 5.41) is 4.12. The monoisotopic (exact) mass is 297 g/mol. The first-order valence-corrected chi connectivity index (χ1v) is 8.48. The van der Waals surface area contributed by atoms with E-state index in [0.29, 0.717) is 17.0 Å². The van der Waals surface area contributed by atoms with Gasteiger partial charge in [0.15, 0.2) is 5.16 Å². The maximum absolute atomic E-state index is 5.78. The lowest BCUT2D eigenvalue weighted by atomic mass is 10.1. The number of nitrogen functional groups attached to an aromatic ring is 1. The number of aromatic nitrogens is 2. The summed E-state index contributed by atoms with van der Waals surface area (Å²) in [6.07, 6.45) is 4.26. The molecule has 0 aliphatic carbocycles. The Bertz CT molecular complexity index is 395. The van der Waals surface area contributed by atoms with E-state index in [9.17, 15) is 0 Å². The maximum Gasteiger partial charge on any atom is 0.191 e. The molecule has 5 nitrogen and oxygen atoms in total. The minimum atomic E-state index is 0.384. The van der Waals surface area contributed by atoms with Crippen LogP contribution in [-0.2, 0) is 0 Å². The molecular weight excluding hydrogens is 270 g/mol. The molecule has 0 saturated carbocycles. The van der Waals surface area contributed by atoms with Crippen molar-refractivity contribution < 1.29 is 0 Å². The predicted octanol–water partition coefficient (Wildman–Crippen LogP) is 2.70. The molecule has 20 heavy (non-hydrogen) atoms. The number of nitrogens with two attached hydrogens (primary N) is 1. The molecule has 0 saturated heterocycles.